The molecule has 2 rings (SSSR count). The molecular formula is C16H32N2O. The second-order valence-corrected chi connectivity index (χ2v) is 6.34. The van der Waals surface area contributed by atoms with Gasteiger partial charge in [0.15, 0.2) is 0 Å². The number of nitrogens with one attached hydrogen (secondary N) is 1. The summed E-state index contributed by atoms with van der Waals surface area (Å²) < 4.78 is 5.76. The van der Waals surface area contributed by atoms with Crippen molar-refractivity contribution in [3.05, 3.63) is 0 Å². The molecule has 3 unspecified atom stereocenters. The van der Waals surface area contributed by atoms with Gasteiger partial charge < -0.3 is 10.1 Å². The standard InChI is InChI=1S/C16H32N2O/c1-3-19-15-8-6-11-18(13-15)12-10-17-16-9-5-4-7-14(16)2/h14-17H,3-13H2,1-2H3. The number of ether oxygens (including phenoxy) is 1. The Bertz CT molecular complexity index is 245. The van der Waals surface area contributed by atoms with Crippen molar-refractivity contribution in [2.45, 2.75) is 64.5 Å². The van der Waals surface area contributed by atoms with Crippen LogP contribution < -0.4 is 5.32 Å². The van der Waals surface area contributed by atoms with Crippen LogP contribution >= 0.6 is 0 Å². The molecule has 2 fully saturated rings. The van der Waals surface area contributed by atoms with Gasteiger partial charge in [0.1, 0.15) is 0 Å². The first-order chi connectivity index (χ1) is 9.29. The van der Waals surface area contributed by atoms with Crippen LogP contribution in [-0.2, 0) is 4.74 Å². The van der Waals surface area contributed by atoms with E-state index in [2.05, 4.69) is 24.1 Å². The smallest absolute Gasteiger partial charge is 0.0702 e. The van der Waals surface area contributed by atoms with E-state index < -0.39 is 0 Å². The quantitative estimate of drug-likeness (QED) is 0.801. The summed E-state index contributed by atoms with van der Waals surface area (Å²) in [7, 11) is 0. The van der Waals surface area contributed by atoms with Gasteiger partial charge in [-0.25, -0.2) is 0 Å². The normalized spacial score (nSPS) is 33.5. The van der Waals surface area contributed by atoms with E-state index in [1.807, 2.05) is 0 Å². The van der Waals surface area contributed by atoms with Gasteiger partial charge in [0.25, 0.3) is 0 Å². The van der Waals surface area contributed by atoms with Gasteiger partial charge in [-0.15, -0.1) is 0 Å². The first kappa shape index (κ1) is 15.3. The van der Waals surface area contributed by atoms with Crippen molar-refractivity contribution in [3.63, 3.8) is 0 Å². The summed E-state index contributed by atoms with van der Waals surface area (Å²) in [4.78, 5) is 2.57. The number of likely N-dealkylation sites (tertiary alicyclic amines) is 1. The maximum absolute atomic E-state index is 5.76. The predicted molar refractivity (Wildman–Crippen MR) is 80.5 cm³/mol. The second-order valence-electron chi connectivity index (χ2n) is 6.34. The van der Waals surface area contributed by atoms with Crippen molar-refractivity contribution in [3.8, 4) is 0 Å². The summed E-state index contributed by atoms with van der Waals surface area (Å²) in [6, 6.07) is 0.765. The van der Waals surface area contributed by atoms with E-state index in [0.717, 1.165) is 31.7 Å². The number of hydrogen-bond donors (Lipinski definition) is 1. The number of rotatable bonds is 6. The van der Waals surface area contributed by atoms with Crippen LogP contribution in [0.3, 0.4) is 0 Å². The topological polar surface area (TPSA) is 24.5 Å². The lowest BCUT2D eigenvalue weighted by Crippen LogP contribution is -2.45. The largest absolute Gasteiger partial charge is 0.377 e. The molecule has 1 aliphatic heterocycles. The van der Waals surface area contributed by atoms with Crippen LogP contribution in [-0.4, -0.2) is 49.8 Å². The van der Waals surface area contributed by atoms with E-state index in [0.29, 0.717) is 6.10 Å². The minimum absolute atomic E-state index is 0.479. The summed E-state index contributed by atoms with van der Waals surface area (Å²) in [5.41, 5.74) is 0. The minimum Gasteiger partial charge on any atom is -0.377 e. The Morgan fingerprint density at radius 1 is 1.16 bits per heavy atom. The van der Waals surface area contributed by atoms with Crippen LogP contribution in [0.25, 0.3) is 0 Å². The maximum Gasteiger partial charge on any atom is 0.0702 e. The van der Waals surface area contributed by atoms with Gasteiger partial charge in [-0.3, -0.25) is 4.90 Å². The Kier molecular flexibility index (Phi) is 6.62. The van der Waals surface area contributed by atoms with Gasteiger partial charge in [0.05, 0.1) is 6.10 Å². The average molecular weight is 268 g/mol. The summed E-state index contributed by atoms with van der Waals surface area (Å²) in [5, 5.41) is 3.78. The van der Waals surface area contributed by atoms with E-state index in [9.17, 15) is 0 Å². The van der Waals surface area contributed by atoms with Crippen molar-refractivity contribution in [1.29, 1.82) is 0 Å². The molecule has 0 bridgehead atoms. The molecule has 1 aliphatic carbocycles. The van der Waals surface area contributed by atoms with Crippen LogP contribution in [0.2, 0.25) is 0 Å². The van der Waals surface area contributed by atoms with Gasteiger partial charge in [0, 0.05) is 32.3 Å². The zero-order chi connectivity index (χ0) is 13.5. The molecule has 112 valence electrons. The Hall–Kier alpha value is -0.120. The SMILES string of the molecule is CCOC1CCCN(CCNC2CCCCC2C)C1. The predicted octanol–water partition coefficient (Wildman–Crippen LogP) is 2.66. The molecule has 1 saturated heterocycles. The molecule has 1 saturated carbocycles. The summed E-state index contributed by atoms with van der Waals surface area (Å²) >= 11 is 0. The van der Waals surface area contributed by atoms with Crippen molar-refractivity contribution in [2.24, 2.45) is 5.92 Å². The van der Waals surface area contributed by atoms with E-state index >= 15 is 0 Å². The van der Waals surface area contributed by atoms with Crippen molar-refractivity contribution >= 4 is 0 Å². The summed E-state index contributed by atoms with van der Waals surface area (Å²) in [6.45, 7) is 10.1. The van der Waals surface area contributed by atoms with Crippen molar-refractivity contribution in [1.82, 2.24) is 10.2 Å². The molecule has 0 aromatic heterocycles. The molecule has 1 N–H and O–H groups in total. The number of piperidine rings is 1. The Labute approximate surface area is 119 Å². The van der Waals surface area contributed by atoms with Gasteiger partial charge in [-0.2, -0.15) is 0 Å². The Morgan fingerprint density at radius 3 is 2.79 bits per heavy atom. The molecule has 2 aliphatic rings. The highest BCUT2D eigenvalue weighted by molar-refractivity contribution is 4.79. The van der Waals surface area contributed by atoms with Gasteiger partial charge in [0.2, 0.25) is 0 Å². The summed E-state index contributed by atoms with van der Waals surface area (Å²) in [6.07, 6.45) is 8.66. The second kappa shape index (κ2) is 8.23. The van der Waals surface area contributed by atoms with E-state index in [-0.39, 0.29) is 0 Å². The maximum atomic E-state index is 5.76. The van der Waals surface area contributed by atoms with Gasteiger partial charge >= 0.3 is 0 Å². The average Bonchev–Trinajstić information content (AvgIpc) is 2.42. The van der Waals surface area contributed by atoms with Crippen LogP contribution in [0.15, 0.2) is 0 Å². The molecule has 0 aromatic rings. The van der Waals surface area contributed by atoms with Crippen LogP contribution in [0.1, 0.15) is 52.4 Å². The number of hydrogen-bond acceptors (Lipinski definition) is 3. The van der Waals surface area contributed by atoms with Gasteiger partial charge in [-0.1, -0.05) is 19.8 Å². The third-order valence-electron chi connectivity index (χ3n) is 4.81. The monoisotopic (exact) mass is 268 g/mol. The highest BCUT2D eigenvalue weighted by Crippen LogP contribution is 2.23. The van der Waals surface area contributed by atoms with E-state index in [4.69, 9.17) is 4.74 Å². The highest BCUT2D eigenvalue weighted by Gasteiger charge is 2.22. The molecule has 0 spiro atoms. The lowest BCUT2D eigenvalue weighted by atomic mass is 9.86. The van der Waals surface area contributed by atoms with Crippen molar-refractivity contribution in [2.75, 3.05) is 32.8 Å². The number of nitrogens with zero attached hydrogens (tertiary/aromatic N) is 1. The molecule has 0 aromatic carbocycles. The molecule has 0 radical (unpaired) electrons. The minimum atomic E-state index is 0.479. The first-order valence-corrected chi connectivity index (χ1v) is 8.37. The fraction of sp³-hybridized carbons (Fsp3) is 1.00. The first-order valence-electron chi connectivity index (χ1n) is 8.37. The molecule has 19 heavy (non-hydrogen) atoms. The fourth-order valence-corrected chi connectivity index (χ4v) is 3.62. The Balaban J connectivity index is 1.62. The third kappa shape index (κ3) is 5.05. The Morgan fingerprint density at radius 2 is 2.00 bits per heavy atom. The van der Waals surface area contributed by atoms with E-state index in [1.54, 1.807) is 0 Å². The molecule has 0 amide bonds. The molecular weight excluding hydrogens is 236 g/mol. The lowest BCUT2D eigenvalue weighted by Gasteiger charge is -2.34. The third-order valence-corrected chi connectivity index (χ3v) is 4.81. The van der Waals surface area contributed by atoms with Crippen LogP contribution in [0.4, 0.5) is 0 Å². The van der Waals surface area contributed by atoms with Crippen LogP contribution in [0, 0.1) is 5.92 Å². The zero-order valence-corrected chi connectivity index (χ0v) is 12.9. The zero-order valence-electron chi connectivity index (χ0n) is 12.9. The van der Waals surface area contributed by atoms with Crippen molar-refractivity contribution < 1.29 is 4.74 Å². The molecule has 1 heterocycles. The molecule has 3 nitrogen and oxygen atoms in total. The van der Waals surface area contributed by atoms with E-state index in [1.165, 1.54) is 51.6 Å². The fourth-order valence-electron chi connectivity index (χ4n) is 3.62. The van der Waals surface area contributed by atoms with Crippen LogP contribution in [0.5, 0.6) is 0 Å². The lowest BCUT2D eigenvalue weighted by molar-refractivity contribution is 0.00601. The van der Waals surface area contributed by atoms with Gasteiger partial charge in [-0.05, 0) is 45.1 Å². The molecule has 3 atom stereocenters. The highest BCUT2D eigenvalue weighted by atomic mass is 16.5. The molecule has 3 heteroatoms. The summed E-state index contributed by atoms with van der Waals surface area (Å²) in [5.74, 6) is 0.867.